The molecule has 0 aromatic rings. The summed E-state index contributed by atoms with van der Waals surface area (Å²) < 4.78 is 5.90. The Hall–Kier alpha value is 0.394. The lowest BCUT2D eigenvalue weighted by Gasteiger charge is -2.27. The maximum atomic E-state index is 5.90. The third-order valence-electron chi connectivity index (χ3n) is 0.612. The SMILES string of the molecule is CC.C[Si](C)(C)O[Si](C)(C)C. The van der Waals surface area contributed by atoms with E-state index in [9.17, 15) is 0 Å². The van der Waals surface area contributed by atoms with E-state index in [1.807, 2.05) is 13.8 Å². The molecule has 0 bridgehead atoms. The molecular formula is C8H24OSi2. The first-order valence-corrected chi connectivity index (χ1v) is 11.2. The monoisotopic (exact) mass is 192 g/mol. The average Bonchev–Trinajstić information content (AvgIpc) is 1.60. The lowest BCUT2D eigenvalue weighted by Crippen LogP contribution is -2.39. The van der Waals surface area contributed by atoms with Crippen LogP contribution in [0.5, 0.6) is 0 Å². The Labute approximate surface area is 74.4 Å². The van der Waals surface area contributed by atoms with E-state index in [1.165, 1.54) is 0 Å². The van der Waals surface area contributed by atoms with Gasteiger partial charge in [-0.25, -0.2) is 0 Å². The van der Waals surface area contributed by atoms with Gasteiger partial charge in [-0.2, -0.15) is 0 Å². The molecule has 0 spiro atoms. The summed E-state index contributed by atoms with van der Waals surface area (Å²) in [6.07, 6.45) is 0. The van der Waals surface area contributed by atoms with Crippen molar-refractivity contribution in [1.82, 2.24) is 0 Å². The third kappa shape index (κ3) is 17.9. The minimum Gasteiger partial charge on any atom is -0.456 e. The van der Waals surface area contributed by atoms with E-state index >= 15 is 0 Å². The molecule has 0 amide bonds. The van der Waals surface area contributed by atoms with Gasteiger partial charge in [-0.15, -0.1) is 0 Å². The van der Waals surface area contributed by atoms with Gasteiger partial charge in [-0.1, -0.05) is 13.8 Å². The number of hydrogen-bond donors (Lipinski definition) is 0. The van der Waals surface area contributed by atoms with Crippen molar-refractivity contribution in [1.29, 1.82) is 0 Å². The molecule has 0 aliphatic heterocycles. The maximum Gasteiger partial charge on any atom is 0.170 e. The van der Waals surface area contributed by atoms with Crippen molar-refractivity contribution in [2.24, 2.45) is 0 Å². The van der Waals surface area contributed by atoms with E-state index in [4.69, 9.17) is 4.12 Å². The Morgan fingerprint density at radius 1 is 0.636 bits per heavy atom. The van der Waals surface area contributed by atoms with Crippen LogP contribution in [0.25, 0.3) is 0 Å². The second kappa shape index (κ2) is 5.11. The molecule has 70 valence electrons. The Morgan fingerprint density at radius 3 is 0.818 bits per heavy atom. The predicted octanol–water partition coefficient (Wildman–Crippen LogP) is 3.70. The Balaban J connectivity index is 0. The van der Waals surface area contributed by atoms with Crippen molar-refractivity contribution in [2.75, 3.05) is 0 Å². The first kappa shape index (κ1) is 13.9. The largest absolute Gasteiger partial charge is 0.456 e. The van der Waals surface area contributed by atoms with Crippen LogP contribution in [0.3, 0.4) is 0 Å². The van der Waals surface area contributed by atoms with Gasteiger partial charge in [0, 0.05) is 0 Å². The molecule has 3 heteroatoms. The summed E-state index contributed by atoms with van der Waals surface area (Å²) >= 11 is 0. The minimum atomic E-state index is -1.23. The van der Waals surface area contributed by atoms with Crippen molar-refractivity contribution in [3.05, 3.63) is 0 Å². The summed E-state index contributed by atoms with van der Waals surface area (Å²) in [6, 6.07) is 0. The molecule has 0 aliphatic rings. The van der Waals surface area contributed by atoms with E-state index in [1.54, 1.807) is 0 Å². The number of rotatable bonds is 2. The summed E-state index contributed by atoms with van der Waals surface area (Å²) in [6.45, 7) is 17.4. The molecule has 0 saturated heterocycles. The van der Waals surface area contributed by atoms with E-state index in [0.29, 0.717) is 0 Å². The van der Waals surface area contributed by atoms with Gasteiger partial charge in [0.05, 0.1) is 0 Å². The zero-order valence-electron chi connectivity index (χ0n) is 9.41. The van der Waals surface area contributed by atoms with Crippen molar-refractivity contribution >= 4 is 16.6 Å². The zero-order valence-corrected chi connectivity index (χ0v) is 11.4. The molecule has 0 N–H and O–H groups in total. The smallest absolute Gasteiger partial charge is 0.170 e. The van der Waals surface area contributed by atoms with Crippen LogP contribution >= 0.6 is 0 Å². The Morgan fingerprint density at radius 2 is 0.818 bits per heavy atom. The van der Waals surface area contributed by atoms with Crippen molar-refractivity contribution in [2.45, 2.75) is 53.1 Å². The van der Waals surface area contributed by atoms with Crippen LogP contribution in [-0.4, -0.2) is 16.6 Å². The van der Waals surface area contributed by atoms with E-state index in [0.717, 1.165) is 0 Å². The van der Waals surface area contributed by atoms with Gasteiger partial charge in [-0.05, 0) is 39.3 Å². The van der Waals surface area contributed by atoms with Crippen molar-refractivity contribution in [3.8, 4) is 0 Å². The molecule has 0 saturated carbocycles. The van der Waals surface area contributed by atoms with E-state index in [-0.39, 0.29) is 0 Å². The first-order valence-electron chi connectivity index (χ1n) is 4.41. The predicted molar refractivity (Wildman–Crippen MR) is 59.1 cm³/mol. The van der Waals surface area contributed by atoms with Crippen LogP contribution in [0, 0.1) is 0 Å². The van der Waals surface area contributed by atoms with Gasteiger partial charge in [-0.3, -0.25) is 0 Å². The molecule has 0 aromatic carbocycles. The topological polar surface area (TPSA) is 9.23 Å². The quantitative estimate of drug-likeness (QED) is 0.606. The molecule has 0 aromatic heterocycles. The third-order valence-corrected chi connectivity index (χ3v) is 5.51. The fourth-order valence-corrected chi connectivity index (χ4v) is 8.27. The van der Waals surface area contributed by atoms with Crippen LogP contribution < -0.4 is 0 Å². The Bertz CT molecular complexity index is 77.2. The van der Waals surface area contributed by atoms with Gasteiger partial charge in [0.1, 0.15) is 0 Å². The number of hydrogen-bond acceptors (Lipinski definition) is 1. The molecule has 0 radical (unpaired) electrons. The Kier molecular flexibility index (Phi) is 6.48. The van der Waals surface area contributed by atoms with Gasteiger partial charge >= 0.3 is 0 Å². The van der Waals surface area contributed by atoms with Crippen LogP contribution in [0.15, 0.2) is 0 Å². The second-order valence-corrected chi connectivity index (χ2v) is 13.6. The lowest BCUT2D eigenvalue weighted by atomic mass is 11.0. The van der Waals surface area contributed by atoms with Gasteiger partial charge in [0.25, 0.3) is 0 Å². The lowest BCUT2D eigenvalue weighted by molar-refractivity contribution is 0.559. The molecule has 0 heterocycles. The van der Waals surface area contributed by atoms with E-state index in [2.05, 4.69) is 39.3 Å². The van der Waals surface area contributed by atoms with Crippen LogP contribution in [-0.2, 0) is 4.12 Å². The summed E-state index contributed by atoms with van der Waals surface area (Å²) in [4.78, 5) is 0. The highest BCUT2D eigenvalue weighted by Gasteiger charge is 2.24. The molecule has 11 heavy (non-hydrogen) atoms. The minimum absolute atomic E-state index is 1.23. The summed E-state index contributed by atoms with van der Waals surface area (Å²) in [5.74, 6) is 0. The van der Waals surface area contributed by atoms with Gasteiger partial charge < -0.3 is 4.12 Å². The highest BCUT2D eigenvalue weighted by molar-refractivity contribution is 6.83. The molecule has 0 unspecified atom stereocenters. The normalized spacial score (nSPS) is 12.0. The fourth-order valence-electron chi connectivity index (χ4n) is 0.919. The van der Waals surface area contributed by atoms with Crippen LogP contribution in [0.2, 0.25) is 39.3 Å². The van der Waals surface area contributed by atoms with E-state index < -0.39 is 16.6 Å². The summed E-state index contributed by atoms with van der Waals surface area (Å²) in [7, 11) is -2.46. The summed E-state index contributed by atoms with van der Waals surface area (Å²) in [5, 5.41) is 0. The van der Waals surface area contributed by atoms with Crippen molar-refractivity contribution < 1.29 is 4.12 Å². The first-order chi connectivity index (χ1) is 4.71. The van der Waals surface area contributed by atoms with Crippen LogP contribution in [0.1, 0.15) is 13.8 Å². The molecule has 0 rings (SSSR count). The summed E-state index contributed by atoms with van der Waals surface area (Å²) in [5.41, 5.74) is 0. The maximum absolute atomic E-state index is 5.90. The second-order valence-electron chi connectivity index (χ2n) is 4.33. The van der Waals surface area contributed by atoms with Crippen molar-refractivity contribution in [3.63, 3.8) is 0 Å². The molecule has 1 nitrogen and oxygen atoms in total. The average molecular weight is 192 g/mol. The fraction of sp³-hybridized carbons (Fsp3) is 1.00. The highest BCUT2D eigenvalue weighted by atomic mass is 28.4. The van der Waals surface area contributed by atoms with Crippen LogP contribution in [0.4, 0.5) is 0 Å². The van der Waals surface area contributed by atoms with Gasteiger partial charge in [0.2, 0.25) is 0 Å². The standard InChI is InChI=1S/C6H18OSi2.C2H6/c1-8(2,3)7-9(4,5)6;1-2/h1-6H3;1-2H3. The molecule has 0 fully saturated rings. The molecule has 0 atom stereocenters. The van der Waals surface area contributed by atoms with Gasteiger partial charge in [0.15, 0.2) is 16.6 Å². The molecular weight excluding hydrogens is 168 g/mol. The molecule has 0 aliphatic carbocycles. The highest BCUT2D eigenvalue weighted by Crippen LogP contribution is 2.12. The zero-order chi connectivity index (χ0) is 9.71.